The molecule has 0 rings (SSSR count). The molecule has 0 saturated carbocycles. The lowest BCUT2D eigenvalue weighted by Crippen LogP contribution is -2.36. The number of hydrogen-bond acceptors (Lipinski definition) is 6. The highest BCUT2D eigenvalue weighted by molar-refractivity contribution is 8.76. The Morgan fingerprint density at radius 1 is 0.625 bits per heavy atom. The van der Waals surface area contributed by atoms with Gasteiger partial charge in [-0.1, -0.05) is 112 Å². The van der Waals surface area contributed by atoms with Gasteiger partial charge >= 0.3 is 0 Å². The van der Waals surface area contributed by atoms with Crippen LogP contribution in [0.3, 0.4) is 0 Å². The minimum absolute atomic E-state index is 0.282. The third-order valence-corrected chi connectivity index (χ3v) is 7.73. The Kier molecular flexibility index (Phi) is 23.4. The van der Waals surface area contributed by atoms with E-state index < -0.39 is 12.2 Å². The van der Waals surface area contributed by atoms with E-state index in [1.54, 1.807) is 21.6 Å². The van der Waals surface area contributed by atoms with E-state index in [0.717, 1.165) is 37.2 Å². The summed E-state index contributed by atoms with van der Waals surface area (Å²) in [6, 6.07) is 0. The maximum Gasteiger partial charge on any atom is 0.248 e. The highest BCUT2D eigenvalue weighted by Gasteiger charge is 2.14. The molecule has 2 amide bonds. The van der Waals surface area contributed by atoms with Gasteiger partial charge in [0.1, 0.15) is 12.2 Å². The monoisotopic (exact) mass is 492 g/mol. The number of hydrogen-bond donors (Lipinski definition) is 4. The van der Waals surface area contributed by atoms with Crippen LogP contribution < -0.4 is 10.6 Å². The fourth-order valence-electron chi connectivity index (χ4n) is 3.28. The van der Waals surface area contributed by atoms with Crippen molar-refractivity contribution in [1.82, 2.24) is 10.6 Å². The minimum Gasteiger partial charge on any atom is -0.383 e. The number of aliphatic hydroxyl groups excluding tert-OH is 2. The molecular weight excluding hydrogens is 444 g/mol. The van der Waals surface area contributed by atoms with Crippen molar-refractivity contribution in [2.24, 2.45) is 0 Å². The van der Waals surface area contributed by atoms with E-state index in [-0.39, 0.29) is 11.8 Å². The van der Waals surface area contributed by atoms with Crippen LogP contribution >= 0.6 is 21.6 Å². The van der Waals surface area contributed by atoms with Crippen LogP contribution in [0.15, 0.2) is 0 Å². The van der Waals surface area contributed by atoms with Crippen LogP contribution in [0.5, 0.6) is 0 Å². The molecule has 0 aromatic rings. The van der Waals surface area contributed by atoms with Crippen LogP contribution in [0.1, 0.15) is 104 Å². The molecule has 8 heteroatoms. The van der Waals surface area contributed by atoms with Crippen molar-refractivity contribution < 1.29 is 19.8 Å². The molecule has 4 N–H and O–H groups in total. The summed E-state index contributed by atoms with van der Waals surface area (Å²) in [6.07, 6.45) is 13.0. The molecule has 190 valence electrons. The molecule has 0 heterocycles. The second kappa shape index (κ2) is 23.7. The zero-order chi connectivity index (χ0) is 23.9. The molecule has 32 heavy (non-hydrogen) atoms. The molecule has 0 saturated heterocycles. The van der Waals surface area contributed by atoms with Crippen molar-refractivity contribution in [3.63, 3.8) is 0 Å². The molecule has 0 bridgehead atoms. The molecule has 0 radical (unpaired) electrons. The maximum atomic E-state index is 11.9. The van der Waals surface area contributed by atoms with Gasteiger partial charge in [0.05, 0.1) is 0 Å². The molecule has 0 fully saturated rings. The average molecular weight is 493 g/mol. The Labute approximate surface area is 204 Å². The second-order valence-corrected chi connectivity index (χ2v) is 11.1. The molecule has 0 aliphatic rings. The van der Waals surface area contributed by atoms with Crippen molar-refractivity contribution in [1.29, 1.82) is 0 Å². The first-order chi connectivity index (χ1) is 15.5. The van der Waals surface area contributed by atoms with Gasteiger partial charge in [0.15, 0.2) is 0 Å². The van der Waals surface area contributed by atoms with Crippen LogP contribution in [-0.2, 0) is 9.59 Å². The van der Waals surface area contributed by atoms with Crippen molar-refractivity contribution in [3.8, 4) is 0 Å². The van der Waals surface area contributed by atoms with Crippen molar-refractivity contribution in [2.75, 3.05) is 24.6 Å². The topological polar surface area (TPSA) is 98.7 Å². The summed E-state index contributed by atoms with van der Waals surface area (Å²) in [5.41, 5.74) is 0. The number of amides is 2. The van der Waals surface area contributed by atoms with Gasteiger partial charge in [0, 0.05) is 24.6 Å². The van der Waals surface area contributed by atoms with E-state index in [2.05, 4.69) is 24.5 Å². The number of unbranched alkanes of at least 4 members (excludes halogenated alkanes) is 10. The summed E-state index contributed by atoms with van der Waals surface area (Å²) in [5, 5.41) is 25.4. The molecule has 0 aliphatic carbocycles. The maximum absolute atomic E-state index is 11.9. The average Bonchev–Trinajstić information content (AvgIpc) is 2.79. The van der Waals surface area contributed by atoms with Crippen LogP contribution in [0.25, 0.3) is 0 Å². The second-order valence-electron chi connectivity index (χ2n) is 8.37. The zero-order valence-corrected chi connectivity index (χ0v) is 22.0. The predicted molar refractivity (Wildman–Crippen MR) is 139 cm³/mol. The van der Waals surface area contributed by atoms with Crippen LogP contribution in [0.2, 0.25) is 0 Å². The minimum atomic E-state index is -0.906. The smallest absolute Gasteiger partial charge is 0.248 e. The van der Waals surface area contributed by atoms with Gasteiger partial charge in [0.2, 0.25) is 11.8 Å². The van der Waals surface area contributed by atoms with Gasteiger partial charge in [0.25, 0.3) is 0 Å². The normalized spacial score (nSPS) is 13.0. The quantitative estimate of drug-likeness (QED) is 0.121. The summed E-state index contributed by atoms with van der Waals surface area (Å²) >= 11 is 0. The third kappa shape index (κ3) is 20.2. The Balaban J connectivity index is 3.51. The van der Waals surface area contributed by atoms with Crippen molar-refractivity contribution in [2.45, 2.75) is 116 Å². The van der Waals surface area contributed by atoms with E-state index >= 15 is 0 Å². The number of nitrogens with one attached hydrogen (secondary N) is 2. The van der Waals surface area contributed by atoms with Gasteiger partial charge < -0.3 is 20.8 Å². The number of carbonyl (C=O) groups excluding carboxylic acids is 2. The zero-order valence-electron chi connectivity index (χ0n) is 20.4. The van der Waals surface area contributed by atoms with E-state index in [0.29, 0.717) is 25.9 Å². The molecule has 0 aromatic carbocycles. The van der Waals surface area contributed by atoms with Crippen molar-refractivity contribution >= 4 is 33.4 Å². The standard InChI is InChI=1S/C24H48N2O4S2/c1-3-5-7-9-11-13-15-21(27)23(29)25-17-19-31-32-20-18-26-24(30)22(28)16-14-12-10-8-6-4-2/h21-22,27-28H,3-20H2,1-2H3,(H,25,29)(H,26,30). The fourth-order valence-corrected chi connectivity index (χ4v) is 5.10. The van der Waals surface area contributed by atoms with E-state index in [1.807, 2.05) is 0 Å². The van der Waals surface area contributed by atoms with E-state index in [1.165, 1.54) is 51.4 Å². The number of aliphatic hydroxyl groups is 2. The van der Waals surface area contributed by atoms with Gasteiger partial charge in [-0.15, -0.1) is 0 Å². The van der Waals surface area contributed by atoms with Crippen molar-refractivity contribution in [3.05, 3.63) is 0 Å². The number of carbonyl (C=O) groups is 2. The molecule has 6 nitrogen and oxygen atoms in total. The lowest BCUT2D eigenvalue weighted by molar-refractivity contribution is -0.130. The van der Waals surface area contributed by atoms with Crippen LogP contribution in [0, 0.1) is 0 Å². The Morgan fingerprint density at radius 3 is 1.34 bits per heavy atom. The SMILES string of the molecule is CCCCCCCCC(O)C(=O)NCCSSCCNC(=O)C(O)CCCCCCCC. The first-order valence-corrected chi connectivity index (χ1v) is 15.2. The van der Waals surface area contributed by atoms with Gasteiger partial charge in [-0.3, -0.25) is 9.59 Å². The van der Waals surface area contributed by atoms with Gasteiger partial charge in [-0.25, -0.2) is 0 Å². The first-order valence-electron chi connectivity index (χ1n) is 12.7. The van der Waals surface area contributed by atoms with E-state index in [4.69, 9.17) is 0 Å². The summed E-state index contributed by atoms with van der Waals surface area (Å²) in [7, 11) is 3.25. The molecule has 0 aliphatic heterocycles. The summed E-state index contributed by atoms with van der Waals surface area (Å²) in [5.74, 6) is 0.926. The first kappa shape index (κ1) is 31.6. The molecule has 2 unspecified atom stereocenters. The summed E-state index contributed by atoms with van der Waals surface area (Å²) in [6.45, 7) is 5.42. The summed E-state index contributed by atoms with van der Waals surface area (Å²) < 4.78 is 0. The van der Waals surface area contributed by atoms with Crippen LogP contribution in [0.4, 0.5) is 0 Å². The number of rotatable bonds is 23. The summed E-state index contributed by atoms with van der Waals surface area (Å²) in [4.78, 5) is 23.8. The van der Waals surface area contributed by atoms with Gasteiger partial charge in [-0.05, 0) is 12.8 Å². The highest BCUT2D eigenvalue weighted by Crippen LogP contribution is 2.19. The Bertz CT molecular complexity index is 416. The highest BCUT2D eigenvalue weighted by atomic mass is 33.1. The molecule has 2 atom stereocenters. The van der Waals surface area contributed by atoms with E-state index in [9.17, 15) is 19.8 Å². The Morgan fingerprint density at radius 2 is 0.969 bits per heavy atom. The van der Waals surface area contributed by atoms with Crippen LogP contribution in [-0.4, -0.2) is 58.8 Å². The molecular formula is C24H48N2O4S2. The molecule has 0 aromatic heterocycles. The Hall–Kier alpha value is -0.440. The predicted octanol–water partition coefficient (Wildman–Crippen LogP) is 4.82. The lowest BCUT2D eigenvalue weighted by Gasteiger charge is -2.12. The fraction of sp³-hybridized carbons (Fsp3) is 0.917. The third-order valence-electron chi connectivity index (χ3n) is 5.32. The lowest BCUT2D eigenvalue weighted by atomic mass is 10.1. The molecule has 0 spiro atoms. The van der Waals surface area contributed by atoms with Gasteiger partial charge in [-0.2, -0.15) is 0 Å². The largest absolute Gasteiger partial charge is 0.383 e.